The average molecular weight is 341 g/mol. The van der Waals surface area contributed by atoms with E-state index in [1.165, 1.54) is 23.1 Å². The van der Waals surface area contributed by atoms with Crippen LogP contribution in [0.25, 0.3) is 0 Å². The van der Waals surface area contributed by atoms with Crippen molar-refractivity contribution in [2.45, 2.75) is 23.8 Å². The van der Waals surface area contributed by atoms with E-state index in [-0.39, 0.29) is 5.91 Å². The summed E-state index contributed by atoms with van der Waals surface area (Å²) in [5, 5.41) is 4.16. The van der Waals surface area contributed by atoms with Gasteiger partial charge >= 0.3 is 0 Å². The second kappa shape index (κ2) is 6.93. The fourth-order valence-corrected chi connectivity index (χ4v) is 3.65. The number of amides is 1. The minimum atomic E-state index is -0.190. The van der Waals surface area contributed by atoms with E-state index in [9.17, 15) is 4.79 Å². The number of aryl methyl sites for hydroxylation is 2. The first-order valence-electron chi connectivity index (χ1n) is 7.07. The molecule has 0 fully saturated rings. The van der Waals surface area contributed by atoms with Gasteiger partial charge in [-0.15, -0.1) is 11.3 Å². The predicted octanol–water partition coefficient (Wildman–Crippen LogP) is 4.56. The zero-order valence-corrected chi connectivity index (χ0v) is 14.4. The smallest absolute Gasteiger partial charge is 0.260 e. The molecule has 2 heterocycles. The fraction of sp³-hybridized carbons (Fsp3) is 0.118. The Labute approximate surface area is 143 Å². The third kappa shape index (κ3) is 3.78. The quantitative estimate of drug-likeness (QED) is 0.756. The Morgan fingerprint density at radius 1 is 1.13 bits per heavy atom. The largest absolute Gasteiger partial charge is 0.298 e. The van der Waals surface area contributed by atoms with E-state index in [4.69, 9.17) is 0 Å². The molecule has 0 bridgehead atoms. The summed E-state index contributed by atoms with van der Waals surface area (Å²) in [4.78, 5) is 23.4. The van der Waals surface area contributed by atoms with Crippen LogP contribution in [0.2, 0.25) is 0 Å². The second-order valence-electron chi connectivity index (χ2n) is 4.89. The summed E-state index contributed by atoms with van der Waals surface area (Å²) in [5.74, 6) is -0.190. The van der Waals surface area contributed by atoms with E-state index >= 15 is 0 Å². The van der Waals surface area contributed by atoms with E-state index < -0.39 is 0 Å². The van der Waals surface area contributed by atoms with Crippen LogP contribution in [0.1, 0.15) is 20.9 Å². The molecule has 4 nitrogen and oxygen atoms in total. The molecule has 0 aliphatic carbocycles. The number of hydrogen-bond donors (Lipinski definition) is 1. The van der Waals surface area contributed by atoms with Crippen molar-refractivity contribution < 1.29 is 4.79 Å². The van der Waals surface area contributed by atoms with E-state index in [2.05, 4.69) is 15.3 Å². The van der Waals surface area contributed by atoms with Crippen LogP contribution in [0, 0.1) is 13.8 Å². The summed E-state index contributed by atoms with van der Waals surface area (Å²) in [7, 11) is 0. The fourth-order valence-electron chi connectivity index (χ4n) is 1.94. The van der Waals surface area contributed by atoms with Crippen LogP contribution in [0.3, 0.4) is 0 Å². The van der Waals surface area contributed by atoms with Crippen LogP contribution in [0.5, 0.6) is 0 Å². The zero-order chi connectivity index (χ0) is 16.2. The van der Waals surface area contributed by atoms with Crippen molar-refractivity contribution in [1.29, 1.82) is 0 Å². The Bertz CT molecular complexity index is 811. The predicted molar refractivity (Wildman–Crippen MR) is 94.3 cm³/mol. The third-order valence-electron chi connectivity index (χ3n) is 3.22. The summed E-state index contributed by atoms with van der Waals surface area (Å²) in [6.07, 6.45) is 1.69. The lowest BCUT2D eigenvalue weighted by molar-refractivity contribution is 0.102. The number of nitrogens with one attached hydrogen (secondary N) is 1. The van der Waals surface area contributed by atoms with Crippen LogP contribution in [-0.4, -0.2) is 15.9 Å². The van der Waals surface area contributed by atoms with Gasteiger partial charge in [0.1, 0.15) is 5.03 Å². The van der Waals surface area contributed by atoms with E-state index in [0.29, 0.717) is 15.7 Å². The summed E-state index contributed by atoms with van der Waals surface area (Å²) >= 11 is 2.95. The van der Waals surface area contributed by atoms with E-state index in [1.54, 1.807) is 18.3 Å². The molecule has 0 unspecified atom stereocenters. The molecule has 0 spiro atoms. The first kappa shape index (κ1) is 15.7. The summed E-state index contributed by atoms with van der Waals surface area (Å²) in [5.41, 5.74) is 1.49. The lowest BCUT2D eigenvalue weighted by Gasteiger charge is -2.07. The number of pyridine rings is 1. The molecule has 0 aliphatic rings. The van der Waals surface area contributed by atoms with Gasteiger partial charge in [0, 0.05) is 16.0 Å². The molecule has 0 aliphatic heterocycles. The molecule has 0 radical (unpaired) electrons. The van der Waals surface area contributed by atoms with Crippen molar-refractivity contribution in [3.63, 3.8) is 0 Å². The number of nitrogens with zero attached hydrogens (tertiary/aromatic N) is 2. The maximum Gasteiger partial charge on any atom is 0.260 e. The molecule has 3 rings (SSSR count). The molecular weight excluding hydrogens is 326 g/mol. The maximum absolute atomic E-state index is 12.5. The molecule has 3 aromatic rings. The molecular formula is C17H15N3OS2. The molecule has 1 aromatic carbocycles. The second-order valence-corrected chi connectivity index (χ2v) is 7.15. The highest BCUT2D eigenvalue weighted by atomic mass is 32.2. The molecule has 0 saturated carbocycles. The standard InChI is InChI=1S/C17H15N3OS2/c1-11-12(2)22-17(19-11)20-15(21)14-9-6-10-18-16(14)23-13-7-4-3-5-8-13/h3-10H,1-2H3,(H,19,20,21). The summed E-state index contributed by atoms with van der Waals surface area (Å²) in [6.45, 7) is 3.92. The van der Waals surface area contributed by atoms with Gasteiger partial charge in [-0.1, -0.05) is 30.0 Å². The van der Waals surface area contributed by atoms with Gasteiger partial charge in [-0.25, -0.2) is 9.97 Å². The molecule has 116 valence electrons. The lowest BCUT2D eigenvalue weighted by Crippen LogP contribution is -2.13. The first-order chi connectivity index (χ1) is 11.1. The number of rotatable bonds is 4. The number of benzene rings is 1. The van der Waals surface area contributed by atoms with Crippen LogP contribution < -0.4 is 5.32 Å². The van der Waals surface area contributed by atoms with Crippen molar-refractivity contribution in [3.8, 4) is 0 Å². The third-order valence-corrected chi connectivity index (χ3v) is 5.24. The van der Waals surface area contributed by atoms with Crippen LogP contribution in [-0.2, 0) is 0 Å². The van der Waals surface area contributed by atoms with Gasteiger partial charge in [0.25, 0.3) is 5.91 Å². The number of anilines is 1. The van der Waals surface area contributed by atoms with Gasteiger partial charge in [0.05, 0.1) is 11.3 Å². The molecule has 23 heavy (non-hydrogen) atoms. The molecule has 2 aromatic heterocycles. The minimum absolute atomic E-state index is 0.190. The van der Waals surface area contributed by atoms with Crippen molar-refractivity contribution >= 4 is 34.1 Å². The maximum atomic E-state index is 12.5. The lowest BCUT2D eigenvalue weighted by atomic mass is 10.3. The normalized spacial score (nSPS) is 10.5. The molecule has 1 amide bonds. The van der Waals surface area contributed by atoms with E-state index in [1.807, 2.05) is 44.2 Å². The Kier molecular flexibility index (Phi) is 4.73. The Morgan fingerprint density at radius 3 is 2.61 bits per heavy atom. The van der Waals surface area contributed by atoms with Crippen molar-refractivity contribution in [2.24, 2.45) is 0 Å². The van der Waals surface area contributed by atoms with Gasteiger partial charge in [0.2, 0.25) is 0 Å². The number of carbonyl (C=O) groups excluding carboxylic acids is 1. The molecule has 0 atom stereocenters. The zero-order valence-electron chi connectivity index (χ0n) is 12.7. The van der Waals surface area contributed by atoms with Crippen molar-refractivity contribution in [3.05, 3.63) is 64.8 Å². The number of thiazole rings is 1. The minimum Gasteiger partial charge on any atom is -0.298 e. The monoisotopic (exact) mass is 341 g/mol. The Balaban J connectivity index is 1.83. The van der Waals surface area contributed by atoms with Gasteiger partial charge in [-0.05, 0) is 38.1 Å². The van der Waals surface area contributed by atoms with Gasteiger partial charge < -0.3 is 0 Å². The topological polar surface area (TPSA) is 54.9 Å². The summed E-state index contributed by atoms with van der Waals surface area (Å²) in [6, 6.07) is 13.4. The molecule has 1 N–H and O–H groups in total. The number of carbonyl (C=O) groups is 1. The van der Waals surface area contributed by atoms with Gasteiger partial charge in [-0.3, -0.25) is 10.1 Å². The molecule has 6 heteroatoms. The molecule has 0 saturated heterocycles. The van der Waals surface area contributed by atoms with Crippen molar-refractivity contribution in [1.82, 2.24) is 9.97 Å². The highest BCUT2D eigenvalue weighted by Gasteiger charge is 2.15. The van der Waals surface area contributed by atoms with Crippen LogP contribution >= 0.6 is 23.1 Å². The SMILES string of the molecule is Cc1nc(NC(=O)c2cccnc2Sc2ccccc2)sc1C. The Hall–Kier alpha value is -2.18. The highest BCUT2D eigenvalue weighted by Crippen LogP contribution is 2.29. The van der Waals surface area contributed by atoms with Gasteiger partial charge in [0.15, 0.2) is 5.13 Å². The van der Waals surface area contributed by atoms with Crippen LogP contribution in [0.15, 0.2) is 58.6 Å². The van der Waals surface area contributed by atoms with Gasteiger partial charge in [-0.2, -0.15) is 0 Å². The number of hydrogen-bond acceptors (Lipinski definition) is 5. The first-order valence-corrected chi connectivity index (χ1v) is 8.70. The highest BCUT2D eigenvalue weighted by molar-refractivity contribution is 7.99. The van der Waals surface area contributed by atoms with Crippen molar-refractivity contribution in [2.75, 3.05) is 5.32 Å². The van der Waals surface area contributed by atoms with Crippen LogP contribution in [0.4, 0.5) is 5.13 Å². The number of aromatic nitrogens is 2. The van der Waals surface area contributed by atoms with E-state index in [0.717, 1.165) is 15.5 Å². The summed E-state index contributed by atoms with van der Waals surface area (Å²) < 4.78 is 0. The average Bonchev–Trinajstić information content (AvgIpc) is 2.86. The Morgan fingerprint density at radius 2 is 1.91 bits per heavy atom.